The molecule has 0 bridgehead atoms. The second-order valence-electron chi connectivity index (χ2n) is 6.50. The van der Waals surface area contributed by atoms with Gasteiger partial charge in [-0.25, -0.2) is 9.97 Å². The Morgan fingerprint density at radius 2 is 1.66 bits per heavy atom. The Bertz CT molecular complexity index is 1070. The SMILES string of the molecule is COc1cc(Cn2cccc(C(=O)Nc3nc(C)cc(C)n3)c2=O)cc(OC)c1. The third-order valence-corrected chi connectivity index (χ3v) is 4.24. The number of pyridine rings is 1. The molecule has 0 aliphatic heterocycles. The van der Waals surface area contributed by atoms with Gasteiger partial charge in [-0.3, -0.25) is 14.9 Å². The maximum atomic E-state index is 12.8. The first-order chi connectivity index (χ1) is 13.9. The van der Waals surface area contributed by atoms with Crippen LogP contribution < -0.4 is 20.3 Å². The molecule has 0 saturated heterocycles. The first-order valence-corrected chi connectivity index (χ1v) is 8.94. The molecule has 3 rings (SSSR count). The molecule has 1 aromatic carbocycles. The molecule has 0 atom stereocenters. The number of aryl methyl sites for hydroxylation is 2. The number of nitrogens with one attached hydrogen (secondary N) is 1. The molecule has 0 aliphatic carbocycles. The highest BCUT2D eigenvalue weighted by Crippen LogP contribution is 2.22. The van der Waals surface area contributed by atoms with E-state index in [1.54, 1.807) is 38.6 Å². The zero-order valence-corrected chi connectivity index (χ0v) is 16.7. The van der Waals surface area contributed by atoms with Crippen molar-refractivity contribution in [1.82, 2.24) is 14.5 Å². The standard InChI is InChI=1S/C21H22N4O4/c1-13-8-14(2)23-21(22-13)24-19(26)18-6-5-7-25(20(18)27)12-15-9-16(28-3)11-17(10-15)29-4/h5-11H,12H2,1-4H3,(H,22,23,24,26). The fourth-order valence-electron chi connectivity index (χ4n) is 2.94. The Morgan fingerprint density at radius 1 is 1.03 bits per heavy atom. The van der Waals surface area contributed by atoms with Gasteiger partial charge in [-0.05, 0) is 49.7 Å². The Balaban J connectivity index is 1.88. The smallest absolute Gasteiger partial charge is 0.263 e. The summed E-state index contributed by atoms with van der Waals surface area (Å²) in [6.07, 6.45) is 1.62. The number of benzene rings is 1. The molecule has 2 heterocycles. The molecule has 1 amide bonds. The maximum absolute atomic E-state index is 12.8. The van der Waals surface area contributed by atoms with Gasteiger partial charge in [-0.1, -0.05) is 0 Å². The average Bonchev–Trinajstić information content (AvgIpc) is 2.68. The molecule has 150 valence electrons. The predicted octanol–water partition coefficient (Wildman–Crippen LogP) is 2.57. The lowest BCUT2D eigenvalue weighted by molar-refractivity contribution is 0.102. The fourth-order valence-corrected chi connectivity index (χ4v) is 2.94. The van der Waals surface area contributed by atoms with Crippen LogP contribution in [0.1, 0.15) is 27.3 Å². The Hall–Kier alpha value is -3.68. The predicted molar refractivity (Wildman–Crippen MR) is 109 cm³/mol. The molecule has 2 aromatic heterocycles. The van der Waals surface area contributed by atoms with Crippen molar-refractivity contribution in [3.8, 4) is 11.5 Å². The summed E-state index contributed by atoms with van der Waals surface area (Å²) in [5.74, 6) is 0.846. The molecule has 3 aromatic rings. The van der Waals surface area contributed by atoms with Crippen molar-refractivity contribution in [1.29, 1.82) is 0 Å². The second-order valence-corrected chi connectivity index (χ2v) is 6.50. The number of methoxy groups -OCH3 is 2. The second kappa shape index (κ2) is 8.55. The molecule has 0 unspecified atom stereocenters. The van der Waals surface area contributed by atoms with Crippen LogP contribution in [-0.4, -0.2) is 34.7 Å². The van der Waals surface area contributed by atoms with E-state index in [4.69, 9.17) is 9.47 Å². The number of amides is 1. The number of ether oxygens (including phenoxy) is 2. The molecule has 8 heteroatoms. The van der Waals surface area contributed by atoms with E-state index in [1.807, 2.05) is 26.0 Å². The van der Waals surface area contributed by atoms with Gasteiger partial charge in [0.05, 0.1) is 20.8 Å². The number of hydrogen-bond acceptors (Lipinski definition) is 6. The number of carbonyl (C=O) groups is 1. The number of nitrogens with zero attached hydrogens (tertiary/aromatic N) is 3. The Kier molecular flexibility index (Phi) is 5.92. The third-order valence-electron chi connectivity index (χ3n) is 4.24. The van der Waals surface area contributed by atoms with E-state index in [2.05, 4.69) is 15.3 Å². The van der Waals surface area contributed by atoms with Gasteiger partial charge in [-0.2, -0.15) is 0 Å². The van der Waals surface area contributed by atoms with Crippen LogP contribution >= 0.6 is 0 Å². The molecule has 29 heavy (non-hydrogen) atoms. The lowest BCUT2D eigenvalue weighted by atomic mass is 10.2. The van der Waals surface area contributed by atoms with E-state index in [0.29, 0.717) is 11.5 Å². The largest absolute Gasteiger partial charge is 0.497 e. The summed E-state index contributed by atoms with van der Waals surface area (Å²) in [4.78, 5) is 33.8. The van der Waals surface area contributed by atoms with Crippen LogP contribution in [0.2, 0.25) is 0 Å². The van der Waals surface area contributed by atoms with E-state index in [9.17, 15) is 9.59 Å². The summed E-state index contributed by atoms with van der Waals surface area (Å²) in [5, 5.41) is 2.59. The van der Waals surface area contributed by atoms with Crippen LogP contribution in [-0.2, 0) is 6.54 Å². The minimum Gasteiger partial charge on any atom is -0.497 e. The lowest BCUT2D eigenvalue weighted by Gasteiger charge is -2.11. The number of aromatic nitrogens is 3. The van der Waals surface area contributed by atoms with E-state index in [-0.39, 0.29) is 18.1 Å². The van der Waals surface area contributed by atoms with E-state index in [1.165, 1.54) is 10.6 Å². The fraction of sp³-hybridized carbons (Fsp3) is 0.238. The van der Waals surface area contributed by atoms with Crippen molar-refractivity contribution in [2.24, 2.45) is 0 Å². The monoisotopic (exact) mass is 394 g/mol. The minimum atomic E-state index is -0.558. The summed E-state index contributed by atoms with van der Waals surface area (Å²) >= 11 is 0. The van der Waals surface area contributed by atoms with Crippen LogP contribution in [0.3, 0.4) is 0 Å². The first kappa shape index (κ1) is 20.1. The van der Waals surface area contributed by atoms with Crippen LogP contribution in [0, 0.1) is 13.8 Å². The topological polar surface area (TPSA) is 95.3 Å². The first-order valence-electron chi connectivity index (χ1n) is 8.94. The highest BCUT2D eigenvalue weighted by Gasteiger charge is 2.14. The average molecular weight is 394 g/mol. The van der Waals surface area contributed by atoms with Gasteiger partial charge in [0, 0.05) is 23.7 Å². The molecule has 0 aliphatic rings. The van der Waals surface area contributed by atoms with Gasteiger partial charge < -0.3 is 14.0 Å². The zero-order valence-electron chi connectivity index (χ0n) is 16.7. The molecule has 0 radical (unpaired) electrons. The van der Waals surface area contributed by atoms with Crippen molar-refractivity contribution in [2.45, 2.75) is 20.4 Å². The highest BCUT2D eigenvalue weighted by atomic mass is 16.5. The molecule has 8 nitrogen and oxygen atoms in total. The van der Waals surface area contributed by atoms with E-state index >= 15 is 0 Å². The number of rotatable bonds is 6. The lowest BCUT2D eigenvalue weighted by Crippen LogP contribution is -2.29. The molecular weight excluding hydrogens is 372 g/mol. The quantitative estimate of drug-likeness (QED) is 0.690. The van der Waals surface area contributed by atoms with Crippen LogP contribution in [0.4, 0.5) is 5.95 Å². The van der Waals surface area contributed by atoms with Crippen LogP contribution in [0.25, 0.3) is 0 Å². The summed E-state index contributed by atoms with van der Waals surface area (Å²) in [6, 6.07) is 10.3. The van der Waals surface area contributed by atoms with Crippen molar-refractivity contribution >= 4 is 11.9 Å². The summed E-state index contributed by atoms with van der Waals surface area (Å²) in [5.41, 5.74) is 1.84. The minimum absolute atomic E-state index is 0.00474. The van der Waals surface area contributed by atoms with Crippen LogP contribution in [0.5, 0.6) is 11.5 Å². The molecule has 0 fully saturated rings. The van der Waals surface area contributed by atoms with Gasteiger partial charge in [0.1, 0.15) is 17.1 Å². The maximum Gasteiger partial charge on any atom is 0.263 e. The van der Waals surface area contributed by atoms with Crippen molar-refractivity contribution in [2.75, 3.05) is 19.5 Å². The number of anilines is 1. The highest BCUT2D eigenvalue weighted by molar-refractivity contribution is 6.03. The van der Waals surface area contributed by atoms with Crippen molar-refractivity contribution in [3.05, 3.63) is 75.5 Å². The molecular formula is C21H22N4O4. The summed E-state index contributed by atoms with van der Waals surface area (Å²) in [6.45, 7) is 3.87. The van der Waals surface area contributed by atoms with Gasteiger partial charge in [0.15, 0.2) is 0 Å². The Morgan fingerprint density at radius 3 is 2.24 bits per heavy atom. The third kappa shape index (κ3) is 4.78. The summed E-state index contributed by atoms with van der Waals surface area (Å²) < 4.78 is 12.0. The van der Waals surface area contributed by atoms with Gasteiger partial charge in [-0.15, -0.1) is 0 Å². The molecule has 0 spiro atoms. The van der Waals surface area contributed by atoms with E-state index < -0.39 is 11.5 Å². The zero-order chi connectivity index (χ0) is 21.0. The van der Waals surface area contributed by atoms with Crippen molar-refractivity contribution in [3.63, 3.8) is 0 Å². The van der Waals surface area contributed by atoms with Gasteiger partial charge in [0.2, 0.25) is 5.95 Å². The number of hydrogen-bond donors (Lipinski definition) is 1. The summed E-state index contributed by atoms with van der Waals surface area (Å²) in [7, 11) is 3.12. The van der Waals surface area contributed by atoms with Crippen molar-refractivity contribution < 1.29 is 14.3 Å². The number of carbonyl (C=O) groups excluding carboxylic acids is 1. The van der Waals surface area contributed by atoms with Gasteiger partial charge in [0.25, 0.3) is 11.5 Å². The van der Waals surface area contributed by atoms with E-state index in [0.717, 1.165) is 17.0 Å². The van der Waals surface area contributed by atoms with Crippen LogP contribution in [0.15, 0.2) is 47.4 Å². The normalized spacial score (nSPS) is 10.5. The Labute approximate surface area is 168 Å². The molecule has 1 N–H and O–H groups in total. The molecule has 0 saturated carbocycles. The van der Waals surface area contributed by atoms with Gasteiger partial charge >= 0.3 is 0 Å².